The largest absolute Gasteiger partial charge is 0.507 e. The van der Waals surface area contributed by atoms with E-state index in [1.807, 2.05) is 6.92 Å². The second-order valence-electron chi connectivity index (χ2n) is 8.66. The van der Waals surface area contributed by atoms with Crippen LogP contribution in [0.2, 0.25) is 0 Å². The van der Waals surface area contributed by atoms with E-state index in [-0.39, 0.29) is 11.3 Å². The summed E-state index contributed by atoms with van der Waals surface area (Å²) < 4.78 is 16.8. The van der Waals surface area contributed by atoms with Gasteiger partial charge in [-0.15, -0.1) is 0 Å². The maximum atomic E-state index is 13.2. The van der Waals surface area contributed by atoms with Crippen LogP contribution in [0, 0.1) is 5.92 Å². The van der Waals surface area contributed by atoms with E-state index in [0.717, 1.165) is 12.8 Å². The highest BCUT2D eigenvalue weighted by Crippen LogP contribution is 2.45. The summed E-state index contributed by atoms with van der Waals surface area (Å²) in [5.74, 6) is 0.354. The van der Waals surface area contributed by atoms with Gasteiger partial charge in [-0.2, -0.15) is 0 Å². The minimum absolute atomic E-state index is 0.0310. The fraction of sp³-hybridized carbons (Fsp3) is 0.407. The summed E-state index contributed by atoms with van der Waals surface area (Å²) in [6, 6.07) is 11.4. The van der Waals surface area contributed by atoms with E-state index in [1.54, 1.807) is 42.5 Å². The van der Waals surface area contributed by atoms with E-state index in [2.05, 4.69) is 13.8 Å². The second-order valence-corrected chi connectivity index (χ2v) is 8.66. The fourth-order valence-electron chi connectivity index (χ4n) is 4.02. The number of ether oxygens (including phenoxy) is 3. The van der Waals surface area contributed by atoms with E-state index in [1.165, 1.54) is 19.1 Å². The van der Waals surface area contributed by atoms with Crippen molar-refractivity contribution in [1.29, 1.82) is 0 Å². The van der Waals surface area contributed by atoms with Crippen LogP contribution in [-0.2, 0) is 9.59 Å². The summed E-state index contributed by atoms with van der Waals surface area (Å²) in [6.07, 6.45) is 1.57. The summed E-state index contributed by atoms with van der Waals surface area (Å²) in [5.41, 5.74) is 1.04. The molecule has 7 heteroatoms. The monoisotopic (exact) mass is 467 g/mol. The molecule has 0 spiro atoms. The number of likely N-dealkylation sites (tertiary alicyclic amines) is 1. The zero-order valence-electron chi connectivity index (χ0n) is 20.5. The molecule has 1 atom stereocenters. The third-order valence-corrected chi connectivity index (χ3v) is 5.73. The van der Waals surface area contributed by atoms with Crippen LogP contribution in [0.15, 0.2) is 48.0 Å². The van der Waals surface area contributed by atoms with Crippen LogP contribution < -0.4 is 14.2 Å². The van der Waals surface area contributed by atoms with Crippen LogP contribution in [0.5, 0.6) is 17.2 Å². The van der Waals surface area contributed by atoms with Gasteiger partial charge in [-0.3, -0.25) is 9.59 Å². The van der Waals surface area contributed by atoms with Gasteiger partial charge in [0.25, 0.3) is 11.7 Å². The molecule has 1 N–H and O–H groups in total. The number of benzene rings is 2. The maximum Gasteiger partial charge on any atom is 0.295 e. The Morgan fingerprint density at radius 1 is 1.06 bits per heavy atom. The summed E-state index contributed by atoms with van der Waals surface area (Å²) in [6.45, 7) is 7.09. The first-order chi connectivity index (χ1) is 16.3. The summed E-state index contributed by atoms with van der Waals surface area (Å²) in [4.78, 5) is 27.7. The van der Waals surface area contributed by atoms with E-state index < -0.39 is 17.7 Å². The first-order valence-electron chi connectivity index (χ1n) is 11.6. The number of nitrogens with zero attached hydrogens (tertiary/aromatic N) is 1. The molecule has 3 rings (SSSR count). The van der Waals surface area contributed by atoms with E-state index in [0.29, 0.717) is 47.4 Å². The molecule has 1 aliphatic heterocycles. The molecular weight excluding hydrogens is 434 g/mol. The Morgan fingerprint density at radius 2 is 1.76 bits per heavy atom. The maximum absolute atomic E-state index is 13.2. The number of aliphatic hydroxyl groups is 1. The lowest BCUT2D eigenvalue weighted by atomic mass is 9.94. The summed E-state index contributed by atoms with van der Waals surface area (Å²) in [7, 11) is 3.04. The molecular formula is C27H33NO6. The van der Waals surface area contributed by atoms with Gasteiger partial charge >= 0.3 is 0 Å². The molecule has 0 bridgehead atoms. The lowest BCUT2D eigenvalue weighted by molar-refractivity contribution is -0.139. The molecule has 182 valence electrons. The number of rotatable bonds is 10. The lowest BCUT2D eigenvalue weighted by Crippen LogP contribution is -2.30. The average Bonchev–Trinajstić information content (AvgIpc) is 3.10. The van der Waals surface area contributed by atoms with Gasteiger partial charge in [0.15, 0.2) is 11.5 Å². The van der Waals surface area contributed by atoms with Gasteiger partial charge in [-0.05, 0) is 42.7 Å². The van der Waals surface area contributed by atoms with Crippen LogP contribution in [-0.4, -0.2) is 49.1 Å². The first kappa shape index (κ1) is 25.1. The van der Waals surface area contributed by atoms with Gasteiger partial charge in [0.05, 0.1) is 32.4 Å². The van der Waals surface area contributed by atoms with E-state index in [9.17, 15) is 14.7 Å². The van der Waals surface area contributed by atoms with Crippen molar-refractivity contribution >= 4 is 17.4 Å². The van der Waals surface area contributed by atoms with Crippen LogP contribution >= 0.6 is 0 Å². The zero-order chi connectivity index (χ0) is 24.8. The quantitative estimate of drug-likeness (QED) is 0.302. The predicted octanol–water partition coefficient (Wildman–Crippen LogP) is 4.96. The number of carbonyl (C=O) groups excluding carboxylic acids is 2. The first-order valence-corrected chi connectivity index (χ1v) is 11.6. The van der Waals surface area contributed by atoms with Gasteiger partial charge in [-0.25, -0.2) is 0 Å². The topological polar surface area (TPSA) is 85.3 Å². The Labute approximate surface area is 200 Å². The standard InChI is InChI=1S/C27H33NO6/c1-6-7-15-28-23(20-9-8-10-21(32-4)26(20)33-5)22(25(30)27(28)31)24(29)18-11-13-19(14-12-18)34-16-17(2)3/h8-14,17,23,29H,6-7,15-16H2,1-5H3/b24-22+. The molecule has 0 aromatic heterocycles. The molecule has 0 radical (unpaired) electrons. The van der Waals surface area contributed by atoms with Crippen molar-refractivity contribution < 1.29 is 28.9 Å². The highest BCUT2D eigenvalue weighted by Gasteiger charge is 2.47. The van der Waals surface area contributed by atoms with E-state index in [4.69, 9.17) is 14.2 Å². The molecule has 1 heterocycles. The number of carbonyl (C=O) groups is 2. The smallest absolute Gasteiger partial charge is 0.295 e. The van der Waals surface area contributed by atoms with Gasteiger partial charge in [0.2, 0.25) is 0 Å². The summed E-state index contributed by atoms with van der Waals surface area (Å²) >= 11 is 0. The van der Waals surface area contributed by atoms with E-state index >= 15 is 0 Å². The van der Waals surface area contributed by atoms with Gasteiger partial charge in [0, 0.05) is 17.7 Å². The molecule has 1 amide bonds. The normalized spacial score (nSPS) is 17.4. The number of para-hydroxylation sites is 1. The Morgan fingerprint density at radius 3 is 2.35 bits per heavy atom. The number of hydrogen-bond donors (Lipinski definition) is 1. The number of aliphatic hydroxyl groups excluding tert-OH is 1. The van der Waals surface area contributed by atoms with Gasteiger partial charge in [0.1, 0.15) is 11.5 Å². The lowest BCUT2D eigenvalue weighted by Gasteiger charge is -2.27. The number of methoxy groups -OCH3 is 2. The molecule has 1 aliphatic rings. The Balaban J connectivity index is 2.12. The van der Waals surface area contributed by atoms with Crippen molar-refractivity contribution in [3.05, 3.63) is 59.2 Å². The molecule has 2 aromatic rings. The molecule has 1 unspecified atom stereocenters. The van der Waals surface area contributed by atoms with Crippen molar-refractivity contribution in [1.82, 2.24) is 4.90 Å². The number of amides is 1. The molecule has 34 heavy (non-hydrogen) atoms. The average molecular weight is 468 g/mol. The van der Waals surface area contributed by atoms with Crippen LogP contribution in [0.3, 0.4) is 0 Å². The summed E-state index contributed by atoms with van der Waals surface area (Å²) in [5, 5.41) is 11.2. The Bertz CT molecular complexity index is 1060. The SMILES string of the molecule is CCCCN1C(=O)C(=O)/C(=C(/O)c2ccc(OCC(C)C)cc2)C1c1cccc(OC)c1OC. The van der Waals surface area contributed by atoms with Crippen molar-refractivity contribution in [3.8, 4) is 17.2 Å². The minimum Gasteiger partial charge on any atom is -0.507 e. The van der Waals surface area contributed by atoms with Crippen molar-refractivity contribution in [3.63, 3.8) is 0 Å². The minimum atomic E-state index is -0.798. The second kappa shape index (κ2) is 11.1. The molecule has 1 fully saturated rings. The third-order valence-electron chi connectivity index (χ3n) is 5.73. The van der Waals surface area contributed by atoms with Gasteiger partial charge < -0.3 is 24.2 Å². The van der Waals surface area contributed by atoms with Crippen molar-refractivity contribution in [2.75, 3.05) is 27.4 Å². The highest BCUT2D eigenvalue weighted by atomic mass is 16.5. The van der Waals surface area contributed by atoms with Crippen LogP contribution in [0.1, 0.15) is 50.8 Å². The number of Topliss-reactive ketones (excluding diaryl/α,β-unsaturated/α-hetero) is 1. The zero-order valence-corrected chi connectivity index (χ0v) is 20.5. The molecule has 0 aliphatic carbocycles. The Kier molecular flexibility index (Phi) is 8.21. The fourth-order valence-corrected chi connectivity index (χ4v) is 4.02. The number of unbranched alkanes of at least 4 members (excludes halogenated alkanes) is 1. The highest BCUT2D eigenvalue weighted by molar-refractivity contribution is 6.46. The molecule has 1 saturated heterocycles. The van der Waals surface area contributed by atoms with Crippen LogP contribution in [0.4, 0.5) is 0 Å². The third kappa shape index (κ3) is 5.03. The van der Waals surface area contributed by atoms with Crippen LogP contribution in [0.25, 0.3) is 5.76 Å². The number of hydrogen-bond acceptors (Lipinski definition) is 6. The Hall–Kier alpha value is -3.48. The number of ketones is 1. The predicted molar refractivity (Wildman–Crippen MR) is 130 cm³/mol. The molecule has 2 aromatic carbocycles. The van der Waals surface area contributed by atoms with Gasteiger partial charge in [-0.1, -0.05) is 39.3 Å². The van der Waals surface area contributed by atoms with Crippen molar-refractivity contribution in [2.45, 2.75) is 39.7 Å². The van der Waals surface area contributed by atoms with Crippen molar-refractivity contribution in [2.24, 2.45) is 5.92 Å². The molecule has 7 nitrogen and oxygen atoms in total. The molecule has 0 saturated carbocycles.